The lowest BCUT2D eigenvalue weighted by Gasteiger charge is -2.16. The molecule has 78 valence electrons. The first-order valence-corrected chi connectivity index (χ1v) is 4.95. The molecule has 13 heavy (non-hydrogen) atoms. The second kappa shape index (κ2) is 6.89. The maximum atomic E-state index is 11.4. The number of esters is 1. The number of nitrogens with one attached hydrogen (secondary N) is 1. The molecular weight excluding hydrogens is 166 g/mol. The third-order valence-corrected chi connectivity index (χ3v) is 1.79. The molecule has 0 aromatic heterocycles. The first-order chi connectivity index (χ1) is 6.11. The van der Waals surface area contributed by atoms with Gasteiger partial charge in [-0.05, 0) is 25.8 Å². The third kappa shape index (κ3) is 5.64. The quantitative estimate of drug-likeness (QED) is 0.641. The molecule has 1 atom stereocenters. The van der Waals surface area contributed by atoms with Crippen LogP contribution < -0.4 is 5.32 Å². The van der Waals surface area contributed by atoms with Gasteiger partial charge in [0.15, 0.2) is 0 Å². The molecule has 0 aromatic carbocycles. The zero-order valence-corrected chi connectivity index (χ0v) is 9.09. The van der Waals surface area contributed by atoms with Crippen LogP contribution in [0.2, 0.25) is 0 Å². The minimum atomic E-state index is -0.147. The van der Waals surface area contributed by atoms with Crippen LogP contribution in [-0.2, 0) is 9.53 Å². The van der Waals surface area contributed by atoms with Crippen molar-refractivity contribution in [3.05, 3.63) is 0 Å². The van der Waals surface area contributed by atoms with Crippen LogP contribution in [0.5, 0.6) is 0 Å². The van der Waals surface area contributed by atoms with Crippen LogP contribution in [0.15, 0.2) is 0 Å². The van der Waals surface area contributed by atoms with Crippen LogP contribution in [0.3, 0.4) is 0 Å². The number of ether oxygens (including phenoxy) is 1. The SMILES string of the molecule is CCCOC(=O)C(CC(C)C)NC. The van der Waals surface area contributed by atoms with Crippen LogP contribution in [0, 0.1) is 5.92 Å². The van der Waals surface area contributed by atoms with Crippen LogP contribution in [0.4, 0.5) is 0 Å². The Kier molecular flexibility index (Phi) is 6.59. The van der Waals surface area contributed by atoms with Gasteiger partial charge in [-0.2, -0.15) is 0 Å². The number of rotatable bonds is 6. The lowest BCUT2D eigenvalue weighted by Crippen LogP contribution is -2.36. The van der Waals surface area contributed by atoms with Gasteiger partial charge in [0.25, 0.3) is 0 Å². The highest BCUT2D eigenvalue weighted by atomic mass is 16.5. The summed E-state index contributed by atoms with van der Waals surface area (Å²) in [5.41, 5.74) is 0. The molecule has 0 saturated heterocycles. The van der Waals surface area contributed by atoms with Crippen LogP contribution in [0.25, 0.3) is 0 Å². The summed E-state index contributed by atoms with van der Waals surface area (Å²) in [6.45, 7) is 6.70. The van der Waals surface area contributed by atoms with E-state index in [4.69, 9.17) is 4.74 Å². The van der Waals surface area contributed by atoms with Gasteiger partial charge >= 0.3 is 5.97 Å². The number of likely N-dealkylation sites (N-methyl/N-ethyl adjacent to an activating group) is 1. The summed E-state index contributed by atoms with van der Waals surface area (Å²) in [4.78, 5) is 11.4. The summed E-state index contributed by atoms with van der Waals surface area (Å²) >= 11 is 0. The van der Waals surface area contributed by atoms with Crippen molar-refractivity contribution < 1.29 is 9.53 Å². The Hall–Kier alpha value is -0.570. The molecule has 0 bridgehead atoms. The van der Waals surface area contributed by atoms with Crippen molar-refractivity contribution in [3.8, 4) is 0 Å². The summed E-state index contributed by atoms with van der Waals surface area (Å²) in [7, 11) is 1.79. The molecule has 0 aliphatic heterocycles. The van der Waals surface area contributed by atoms with Crippen molar-refractivity contribution in [3.63, 3.8) is 0 Å². The van der Waals surface area contributed by atoms with Gasteiger partial charge in [-0.15, -0.1) is 0 Å². The Morgan fingerprint density at radius 1 is 1.46 bits per heavy atom. The lowest BCUT2D eigenvalue weighted by molar-refractivity contribution is -0.146. The molecule has 0 saturated carbocycles. The monoisotopic (exact) mass is 187 g/mol. The standard InChI is InChI=1S/C10H21NO2/c1-5-6-13-10(12)9(11-4)7-8(2)3/h8-9,11H,5-7H2,1-4H3. The number of carbonyl (C=O) groups excluding carboxylic acids is 1. The van der Waals surface area contributed by atoms with Crippen LogP contribution in [-0.4, -0.2) is 25.7 Å². The molecule has 0 spiro atoms. The highest BCUT2D eigenvalue weighted by molar-refractivity contribution is 5.75. The van der Waals surface area contributed by atoms with E-state index in [0.717, 1.165) is 12.8 Å². The Balaban J connectivity index is 3.85. The van der Waals surface area contributed by atoms with Crippen LogP contribution >= 0.6 is 0 Å². The van der Waals surface area contributed by atoms with Gasteiger partial charge in [0.05, 0.1) is 6.61 Å². The maximum absolute atomic E-state index is 11.4. The smallest absolute Gasteiger partial charge is 0.323 e. The molecule has 0 amide bonds. The van der Waals surface area contributed by atoms with Crippen molar-refractivity contribution in [1.82, 2.24) is 5.32 Å². The molecule has 0 aromatic rings. The number of carbonyl (C=O) groups is 1. The molecule has 1 unspecified atom stereocenters. The fraction of sp³-hybridized carbons (Fsp3) is 0.900. The van der Waals surface area contributed by atoms with Gasteiger partial charge in [-0.3, -0.25) is 4.79 Å². The molecular formula is C10H21NO2. The van der Waals surface area contributed by atoms with E-state index in [9.17, 15) is 4.79 Å². The molecule has 0 rings (SSSR count). The number of hydrogen-bond donors (Lipinski definition) is 1. The molecule has 0 aliphatic rings. The molecule has 1 N–H and O–H groups in total. The summed E-state index contributed by atoms with van der Waals surface area (Å²) in [6.07, 6.45) is 1.71. The summed E-state index contributed by atoms with van der Waals surface area (Å²) in [5.74, 6) is 0.379. The fourth-order valence-corrected chi connectivity index (χ4v) is 1.11. The van der Waals surface area contributed by atoms with E-state index in [2.05, 4.69) is 19.2 Å². The van der Waals surface area contributed by atoms with E-state index in [1.54, 1.807) is 7.05 Å². The average molecular weight is 187 g/mol. The van der Waals surface area contributed by atoms with Gasteiger partial charge in [-0.25, -0.2) is 0 Å². The first kappa shape index (κ1) is 12.4. The Labute approximate surface area is 80.8 Å². The minimum absolute atomic E-state index is 0.127. The molecule has 3 nitrogen and oxygen atoms in total. The zero-order valence-electron chi connectivity index (χ0n) is 9.09. The molecule has 0 aliphatic carbocycles. The lowest BCUT2D eigenvalue weighted by atomic mass is 10.0. The Morgan fingerprint density at radius 2 is 2.08 bits per heavy atom. The second-order valence-electron chi connectivity index (χ2n) is 3.64. The summed E-state index contributed by atoms with van der Waals surface area (Å²) < 4.78 is 5.04. The molecule has 0 heterocycles. The molecule has 3 heteroatoms. The fourth-order valence-electron chi connectivity index (χ4n) is 1.11. The molecule has 0 radical (unpaired) electrons. The first-order valence-electron chi connectivity index (χ1n) is 4.95. The van der Waals surface area contributed by atoms with E-state index in [0.29, 0.717) is 12.5 Å². The predicted octanol–water partition coefficient (Wildman–Crippen LogP) is 1.57. The summed E-state index contributed by atoms with van der Waals surface area (Å²) in [5, 5.41) is 2.97. The van der Waals surface area contributed by atoms with Crippen molar-refractivity contribution in [2.75, 3.05) is 13.7 Å². The van der Waals surface area contributed by atoms with Gasteiger partial charge in [0.1, 0.15) is 6.04 Å². The topological polar surface area (TPSA) is 38.3 Å². The van der Waals surface area contributed by atoms with E-state index in [1.165, 1.54) is 0 Å². The van der Waals surface area contributed by atoms with Crippen LogP contribution in [0.1, 0.15) is 33.6 Å². The van der Waals surface area contributed by atoms with E-state index in [-0.39, 0.29) is 12.0 Å². The van der Waals surface area contributed by atoms with E-state index < -0.39 is 0 Å². The average Bonchev–Trinajstić information content (AvgIpc) is 2.09. The Morgan fingerprint density at radius 3 is 2.46 bits per heavy atom. The maximum Gasteiger partial charge on any atom is 0.323 e. The summed E-state index contributed by atoms with van der Waals surface area (Å²) in [6, 6.07) is -0.147. The van der Waals surface area contributed by atoms with Crippen molar-refractivity contribution in [2.24, 2.45) is 5.92 Å². The van der Waals surface area contributed by atoms with Gasteiger partial charge in [0, 0.05) is 0 Å². The highest BCUT2D eigenvalue weighted by Crippen LogP contribution is 2.05. The Bertz CT molecular complexity index is 146. The normalized spacial score (nSPS) is 13.0. The van der Waals surface area contributed by atoms with Gasteiger partial charge in [0.2, 0.25) is 0 Å². The minimum Gasteiger partial charge on any atom is -0.465 e. The van der Waals surface area contributed by atoms with Crippen molar-refractivity contribution in [1.29, 1.82) is 0 Å². The largest absolute Gasteiger partial charge is 0.465 e. The number of hydrogen-bond acceptors (Lipinski definition) is 3. The third-order valence-electron chi connectivity index (χ3n) is 1.79. The van der Waals surface area contributed by atoms with E-state index in [1.807, 2.05) is 6.92 Å². The highest BCUT2D eigenvalue weighted by Gasteiger charge is 2.18. The zero-order chi connectivity index (χ0) is 10.3. The van der Waals surface area contributed by atoms with Gasteiger partial charge < -0.3 is 10.1 Å². The van der Waals surface area contributed by atoms with E-state index >= 15 is 0 Å². The predicted molar refractivity (Wildman–Crippen MR) is 53.6 cm³/mol. The van der Waals surface area contributed by atoms with Crippen molar-refractivity contribution in [2.45, 2.75) is 39.7 Å². The molecule has 0 fully saturated rings. The van der Waals surface area contributed by atoms with Gasteiger partial charge in [-0.1, -0.05) is 20.8 Å². The second-order valence-corrected chi connectivity index (χ2v) is 3.64. The van der Waals surface area contributed by atoms with Crippen molar-refractivity contribution >= 4 is 5.97 Å².